The molecule has 2 rings (SSSR count). The van der Waals surface area contributed by atoms with Crippen LogP contribution in [-0.4, -0.2) is 45.6 Å². The molecule has 1 aromatic carbocycles. The van der Waals surface area contributed by atoms with Gasteiger partial charge in [0.05, 0.1) is 10.5 Å². The smallest absolute Gasteiger partial charge is 0.255 e. The van der Waals surface area contributed by atoms with Crippen molar-refractivity contribution in [1.82, 2.24) is 9.62 Å². The molecule has 1 fully saturated rings. The molecule has 22 heavy (non-hydrogen) atoms. The number of likely N-dealkylation sites (tertiary alicyclic amines) is 1. The van der Waals surface area contributed by atoms with E-state index in [9.17, 15) is 13.2 Å². The summed E-state index contributed by atoms with van der Waals surface area (Å²) in [5, 5.41) is 0. The maximum atomic E-state index is 12.8. The van der Waals surface area contributed by atoms with Gasteiger partial charge in [0.1, 0.15) is 0 Å². The van der Waals surface area contributed by atoms with Crippen molar-refractivity contribution in [2.45, 2.75) is 35.5 Å². The Kier molecular flexibility index (Phi) is 5.88. The van der Waals surface area contributed by atoms with Gasteiger partial charge in [-0.25, -0.2) is 13.1 Å². The molecule has 0 atom stereocenters. The minimum atomic E-state index is -3.55. The molecule has 0 saturated carbocycles. The summed E-state index contributed by atoms with van der Waals surface area (Å²) in [7, 11) is -2.18. The minimum Gasteiger partial charge on any atom is -0.339 e. The van der Waals surface area contributed by atoms with Crippen LogP contribution >= 0.6 is 11.8 Å². The van der Waals surface area contributed by atoms with Crippen molar-refractivity contribution in [2.24, 2.45) is 0 Å². The third-order valence-corrected chi connectivity index (χ3v) is 6.08. The van der Waals surface area contributed by atoms with Gasteiger partial charge in [0.25, 0.3) is 5.91 Å². The predicted molar refractivity (Wildman–Crippen MR) is 88.8 cm³/mol. The fraction of sp³-hybridized carbons (Fsp3) is 0.533. The van der Waals surface area contributed by atoms with E-state index in [-0.39, 0.29) is 10.8 Å². The van der Waals surface area contributed by atoms with Crippen LogP contribution in [0.4, 0.5) is 0 Å². The van der Waals surface area contributed by atoms with E-state index >= 15 is 0 Å². The molecule has 1 heterocycles. The normalized spacial score (nSPS) is 16.4. The second kappa shape index (κ2) is 7.48. The first-order chi connectivity index (χ1) is 10.5. The van der Waals surface area contributed by atoms with Crippen molar-refractivity contribution in [3.05, 3.63) is 23.8 Å². The number of carbonyl (C=O) groups excluding carboxylic acids is 1. The molecule has 0 aromatic heterocycles. The summed E-state index contributed by atoms with van der Waals surface area (Å²) in [6.45, 7) is 1.49. The third-order valence-electron chi connectivity index (χ3n) is 3.87. The quantitative estimate of drug-likeness (QED) is 0.853. The Labute approximate surface area is 136 Å². The summed E-state index contributed by atoms with van der Waals surface area (Å²) in [4.78, 5) is 15.6. The van der Waals surface area contributed by atoms with Gasteiger partial charge in [-0.2, -0.15) is 0 Å². The van der Waals surface area contributed by atoms with E-state index < -0.39 is 10.0 Å². The van der Waals surface area contributed by atoms with E-state index in [1.54, 1.807) is 6.07 Å². The lowest BCUT2D eigenvalue weighted by Crippen LogP contribution is -2.32. The molecule has 0 bridgehead atoms. The first-order valence-electron chi connectivity index (χ1n) is 7.40. The van der Waals surface area contributed by atoms with Gasteiger partial charge < -0.3 is 4.90 Å². The molecular weight excluding hydrogens is 320 g/mol. The van der Waals surface area contributed by atoms with Crippen molar-refractivity contribution < 1.29 is 13.2 Å². The SMILES string of the molecule is CNS(=O)(=O)c1ccc(SC)c(C(=O)N2CCCCCC2)c1. The standard InChI is InChI=1S/C15H22N2O3S2/c1-16-22(19,20)12-7-8-14(21-2)13(11-12)15(18)17-9-5-3-4-6-10-17/h7-8,11,16H,3-6,9-10H2,1-2H3. The Morgan fingerprint density at radius 1 is 1.18 bits per heavy atom. The van der Waals surface area contributed by atoms with Crippen LogP contribution in [0.15, 0.2) is 28.0 Å². The zero-order valence-electron chi connectivity index (χ0n) is 13.0. The Hall–Kier alpha value is -1.05. The van der Waals surface area contributed by atoms with Crippen LogP contribution in [0.25, 0.3) is 0 Å². The van der Waals surface area contributed by atoms with Crippen molar-refractivity contribution in [2.75, 3.05) is 26.4 Å². The van der Waals surface area contributed by atoms with Crippen LogP contribution in [0.1, 0.15) is 36.0 Å². The van der Waals surface area contributed by atoms with Crippen molar-refractivity contribution in [1.29, 1.82) is 0 Å². The van der Waals surface area contributed by atoms with Crippen molar-refractivity contribution in [3.8, 4) is 0 Å². The zero-order chi connectivity index (χ0) is 16.2. The topological polar surface area (TPSA) is 66.5 Å². The van der Waals surface area contributed by atoms with Crippen LogP contribution in [0.2, 0.25) is 0 Å². The van der Waals surface area contributed by atoms with Gasteiger partial charge in [0.2, 0.25) is 10.0 Å². The molecule has 0 unspecified atom stereocenters. The summed E-state index contributed by atoms with van der Waals surface area (Å²) in [5.74, 6) is -0.0700. The largest absolute Gasteiger partial charge is 0.339 e. The fourth-order valence-corrected chi connectivity index (χ4v) is 3.91. The Morgan fingerprint density at radius 3 is 2.36 bits per heavy atom. The van der Waals surface area contributed by atoms with E-state index in [0.717, 1.165) is 43.7 Å². The highest BCUT2D eigenvalue weighted by molar-refractivity contribution is 7.98. The Bertz CT molecular complexity index is 636. The zero-order valence-corrected chi connectivity index (χ0v) is 14.6. The van der Waals surface area contributed by atoms with E-state index in [2.05, 4.69) is 4.72 Å². The molecule has 1 aromatic rings. The van der Waals surface area contributed by atoms with Crippen LogP contribution in [0.3, 0.4) is 0 Å². The summed E-state index contributed by atoms with van der Waals surface area (Å²) in [6, 6.07) is 4.74. The van der Waals surface area contributed by atoms with E-state index in [4.69, 9.17) is 0 Å². The van der Waals surface area contributed by atoms with Crippen LogP contribution in [0.5, 0.6) is 0 Å². The molecule has 1 amide bonds. The molecule has 0 spiro atoms. The monoisotopic (exact) mass is 342 g/mol. The van der Waals surface area contributed by atoms with Crippen molar-refractivity contribution in [3.63, 3.8) is 0 Å². The molecule has 1 saturated heterocycles. The predicted octanol–water partition coefficient (Wildman–Crippen LogP) is 2.33. The maximum absolute atomic E-state index is 12.8. The number of rotatable bonds is 4. The first-order valence-corrected chi connectivity index (χ1v) is 10.1. The first kappa shape index (κ1) is 17.3. The Morgan fingerprint density at radius 2 is 1.82 bits per heavy atom. The van der Waals surface area contributed by atoms with Crippen LogP contribution < -0.4 is 4.72 Å². The highest BCUT2D eigenvalue weighted by atomic mass is 32.2. The number of hydrogen-bond acceptors (Lipinski definition) is 4. The molecule has 1 aliphatic rings. The van der Waals surface area contributed by atoms with Crippen LogP contribution in [-0.2, 0) is 10.0 Å². The number of carbonyl (C=O) groups is 1. The maximum Gasteiger partial charge on any atom is 0.255 e. The number of sulfonamides is 1. The lowest BCUT2D eigenvalue weighted by molar-refractivity contribution is 0.0758. The van der Waals surface area contributed by atoms with E-state index in [0.29, 0.717) is 5.56 Å². The van der Waals surface area contributed by atoms with Gasteiger partial charge in [-0.15, -0.1) is 11.8 Å². The van der Waals surface area contributed by atoms with Gasteiger partial charge in [-0.1, -0.05) is 12.8 Å². The molecule has 122 valence electrons. The fourth-order valence-electron chi connectivity index (χ4n) is 2.58. The molecule has 1 N–H and O–H groups in total. The molecular formula is C15H22N2O3S2. The number of amides is 1. The summed E-state index contributed by atoms with van der Waals surface area (Å²) >= 11 is 1.46. The lowest BCUT2D eigenvalue weighted by atomic mass is 10.2. The number of nitrogens with zero attached hydrogens (tertiary/aromatic N) is 1. The number of thioether (sulfide) groups is 1. The van der Waals surface area contributed by atoms with Gasteiger partial charge in [0, 0.05) is 18.0 Å². The second-order valence-corrected chi connectivity index (χ2v) is 8.01. The average Bonchev–Trinajstić information content (AvgIpc) is 2.82. The highest BCUT2D eigenvalue weighted by Gasteiger charge is 2.22. The average molecular weight is 342 g/mol. The molecule has 7 heteroatoms. The van der Waals surface area contributed by atoms with E-state index in [1.807, 2.05) is 11.2 Å². The minimum absolute atomic E-state index is 0.0700. The lowest BCUT2D eigenvalue weighted by Gasteiger charge is -2.22. The molecule has 5 nitrogen and oxygen atoms in total. The number of nitrogens with one attached hydrogen (secondary N) is 1. The number of hydrogen-bond donors (Lipinski definition) is 1. The summed E-state index contributed by atoms with van der Waals surface area (Å²) < 4.78 is 26.2. The second-order valence-electron chi connectivity index (χ2n) is 5.28. The number of benzene rings is 1. The van der Waals surface area contributed by atoms with Gasteiger partial charge in [-0.3, -0.25) is 4.79 Å². The van der Waals surface area contributed by atoms with Gasteiger partial charge >= 0.3 is 0 Å². The third kappa shape index (κ3) is 3.83. The van der Waals surface area contributed by atoms with Crippen LogP contribution in [0, 0.1) is 0 Å². The van der Waals surface area contributed by atoms with Gasteiger partial charge in [0.15, 0.2) is 0 Å². The molecule has 0 radical (unpaired) electrons. The van der Waals surface area contributed by atoms with Crippen molar-refractivity contribution >= 4 is 27.7 Å². The summed E-state index contributed by atoms with van der Waals surface area (Å²) in [6.07, 6.45) is 6.20. The Balaban J connectivity index is 2.38. The molecule has 0 aliphatic carbocycles. The highest BCUT2D eigenvalue weighted by Crippen LogP contribution is 2.26. The molecule has 1 aliphatic heterocycles. The van der Waals surface area contributed by atoms with E-state index in [1.165, 1.54) is 30.9 Å². The van der Waals surface area contributed by atoms with Gasteiger partial charge in [-0.05, 0) is 44.3 Å². The summed E-state index contributed by atoms with van der Waals surface area (Å²) in [5.41, 5.74) is 0.478.